The van der Waals surface area contributed by atoms with Gasteiger partial charge in [0.15, 0.2) is 0 Å². The first-order valence-electron chi connectivity index (χ1n) is 6.63. The van der Waals surface area contributed by atoms with Gasteiger partial charge in [-0.25, -0.2) is 0 Å². The minimum absolute atomic E-state index is 0.485. The van der Waals surface area contributed by atoms with Gasteiger partial charge < -0.3 is 5.32 Å². The van der Waals surface area contributed by atoms with Crippen molar-refractivity contribution in [1.82, 2.24) is 15.2 Å². The summed E-state index contributed by atoms with van der Waals surface area (Å²) in [5, 5.41) is 3.41. The van der Waals surface area contributed by atoms with Crippen molar-refractivity contribution in [3.63, 3.8) is 0 Å². The minimum Gasteiger partial charge on any atom is -0.314 e. The molecule has 17 heavy (non-hydrogen) atoms. The van der Waals surface area contributed by atoms with Crippen molar-refractivity contribution in [2.45, 2.75) is 26.3 Å². The first-order valence-corrected chi connectivity index (χ1v) is 6.63. The van der Waals surface area contributed by atoms with Crippen LogP contribution in [0.5, 0.6) is 0 Å². The van der Waals surface area contributed by atoms with Crippen LogP contribution in [0.3, 0.4) is 0 Å². The molecule has 1 aromatic heterocycles. The topological polar surface area (TPSA) is 28.2 Å². The van der Waals surface area contributed by atoms with E-state index in [9.17, 15) is 0 Å². The molecule has 1 N–H and O–H groups in total. The first kappa shape index (κ1) is 12.5. The predicted octanol–water partition coefficient (Wildman–Crippen LogP) is 2.07. The summed E-state index contributed by atoms with van der Waals surface area (Å²) in [5.74, 6) is 0.705. The van der Waals surface area contributed by atoms with Gasteiger partial charge in [-0.15, -0.1) is 0 Å². The molecular formula is C14H23N3. The summed E-state index contributed by atoms with van der Waals surface area (Å²) in [7, 11) is 0. The monoisotopic (exact) mass is 233 g/mol. The van der Waals surface area contributed by atoms with Gasteiger partial charge in [0.1, 0.15) is 0 Å². The highest BCUT2D eigenvalue weighted by Crippen LogP contribution is 2.26. The summed E-state index contributed by atoms with van der Waals surface area (Å²) >= 11 is 0. The van der Waals surface area contributed by atoms with Gasteiger partial charge in [0, 0.05) is 32.4 Å². The van der Waals surface area contributed by atoms with E-state index in [0.717, 1.165) is 26.2 Å². The lowest BCUT2D eigenvalue weighted by atomic mass is 9.98. The Morgan fingerprint density at radius 1 is 1.29 bits per heavy atom. The Morgan fingerprint density at radius 2 is 2.06 bits per heavy atom. The highest BCUT2D eigenvalue weighted by Gasteiger charge is 2.23. The SMILES string of the molecule is CC(C)C[C@H](c1ccccn1)N1CCNCC1. The largest absolute Gasteiger partial charge is 0.314 e. The Bertz CT molecular complexity index is 317. The van der Waals surface area contributed by atoms with Crippen molar-refractivity contribution >= 4 is 0 Å². The summed E-state index contributed by atoms with van der Waals surface area (Å²) in [5.41, 5.74) is 1.23. The van der Waals surface area contributed by atoms with Crippen LogP contribution in [0.1, 0.15) is 32.0 Å². The average Bonchev–Trinajstić information content (AvgIpc) is 2.38. The Balaban J connectivity index is 2.12. The highest BCUT2D eigenvalue weighted by molar-refractivity contribution is 5.09. The normalized spacial score (nSPS) is 19.5. The van der Waals surface area contributed by atoms with Crippen molar-refractivity contribution in [3.05, 3.63) is 30.1 Å². The van der Waals surface area contributed by atoms with E-state index in [1.165, 1.54) is 12.1 Å². The Morgan fingerprint density at radius 3 is 2.65 bits per heavy atom. The van der Waals surface area contributed by atoms with Gasteiger partial charge in [0.05, 0.1) is 11.7 Å². The number of hydrogen-bond acceptors (Lipinski definition) is 3. The molecule has 1 atom stereocenters. The van der Waals surface area contributed by atoms with Gasteiger partial charge in [-0.2, -0.15) is 0 Å². The second-order valence-electron chi connectivity index (χ2n) is 5.19. The molecule has 0 amide bonds. The molecule has 1 aliphatic heterocycles. The van der Waals surface area contributed by atoms with Crippen molar-refractivity contribution in [3.8, 4) is 0 Å². The molecule has 3 nitrogen and oxygen atoms in total. The van der Waals surface area contributed by atoms with E-state index in [4.69, 9.17) is 0 Å². The van der Waals surface area contributed by atoms with E-state index in [0.29, 0.717) is 12.0 Å². The molecule has 2 rings (SSSR count). The van der Waals surface area contributed by atoms with Crippen molar-refractivity contribution in [2.24, 2.45) is 5.92 Å². The number of hydrogen-bond donors (Lipinski definition) is 1. The highest BCUT2D eigenvalue weighted by atomic mass is 15.2. The molecule has 1 aromatic rings. The third-order valence-corrected chi connectivity index (χ3v) is 3.32. The summed E-state index contributed by atoms with van der Waals surface area (Å²) in [6.07, 6.45) is 3.10. The zero-order valence-electron chi connectivity index (χ0n) is 10.9. The van der Waals surface area contributed by atoms with E-state index in [1.54, 1.807) is 0 Å². The zero-order valence-corrected chi connectivity index (χ0v) is 10.9. The molecule has 2 heterocycles. The van der Waals surface area contributed by atoms with Crippen LogP contribution in [0.4, 0.5) is 0 Å². The fraction of sp³-hybridized carbons (Fsp3) is 0.643. The van der Waals surface area contributed by atoms with Gasteiger partial charge >= 0.3 is 0 Å². The number of nitrogens with zero attached hydrogens (tertiary/aromatic N) is 2. The maximum atomic E-state index is 4.55. The molecule has 0 spiro atoms. The Kier molecular flexibility index (Phi) is 4.51. The molecule has 1 saturated heterocycles. The van der Waals surface area contributed by atoms with Gasteiger partial charge in [-0.05, 0) is 24.5 Å². The third kappa shape index (κ3) is 3.51. The van der Waals surface area contributed by atoms with Crippen LogP contribution in [0.25, 0.3) is 0 Å². The Labute approximate surface area is 104 Å². The molecule has 1 fully saturated rings. The summed E-state index contributed by atoms with van der Waals surface area (Å²) in [6.45, 7) is 9.04. The lowest BCUT2D eigenvalue weighted by molar-refractivity contribution is 0.151. The average molecular weight is 233 g/mol. The van der Waals surface area contributed by atoms with Crippen LogP contribution < -0.4 is 5.32 Å². The number of pyridine rings is 1. The summed E-state index contributed by atoms with van der Waals surface area (Å²) in [6, 6.07) is 6.74. The van der Waals surface area contributed by atoms with Crippen molar-refractivity contribution < 1.29 is 0 Å². The smallest absolute Gasteiger partial charge is 0.0575 e. The maximum absolute atomic E-state index is 4.55. The van der Waals surface area contributed by atoms with Crippen LogP contribution >= 0.6 is 0 Å². The quantitative estimate of drug-likeness (QED) is 0.863. The lowest BCUT2D eigenvalue weighted by Crippen LogP contribution is -2.45. The molecule has 0 aromatic carbocycles. The van der Waals surface area contributed by atoms with Crippen LogP contribution in [0.15, 0.2) is 24.4 Å². The molecule has 0 aliphatic carbocycles. The van der Waals surface area contributed by atoms with Crippen LogP contribution in [0, 0.1) is 5.92 Å². The summed E-state index contributed by atoms with van der Waals surface area (Å²) < 4.78 is 0. The second kappa shape index (κ2) is 6.12. The Hall–Kier alpha value is -0.930. The third-order valence-electron chi connectivity index (χ3n) is 3.32. The van der Waals surface area contributed by atoms with E-state index in [1.807, 2.05) is 12.3 Å². The van der Waals surface area contributed by atoms with Gasteiger partial charge in [0.2, 0.25) is 0 Å². The number of aromatic nitrogens is 1. The van der Waals surface area contributed by atoms with E-state index < -0.39 is 0 Å². The fourth-order valence-corrected chi connectivity index (χ4v) is 2.47. The van der Waals surface area contributed by atoms with E-state index >= 15 is 0 Å². The number of rotatable bonds is 4. The van der Waals surface area contributed by atoms with E-state index in [2.05, 4.69) is 41.2 Å². The molecular weight excluding hydrogens is 210 g/mol. The molecule has 1 aliphatic rings. The van der Waals surface area contributed by atoms with Crippen LogP contribution in [-0.4, -0.2) is 36.1 Å². The predicted molar refractivity (Wildman–Crippen MR) is 70.9 cm³/mol. The van der Waals surface area contributed by atoms with Gasteiger partial charge in [-0.3, -0.25) is 9.88 Å². The molecule has 0 saturated carbocycles. The zero-order chi connectivity index (χ0) is 12.1. The standard InChI is InChI=1S/C14H23N3/c1-12(2)11-14(13-5-3-4-6-16-13)17-9-7-15-8-10-17/h3-6,12,14-15H,7-11H2,1-2H3/t14-/m1/s1. The van der Waals surface area contributed by atoms with E-state index in [-0.39, 0.29) is 0 Å². The first-order chi connectivity index (χ1) is 8.27. The second-order valence-corrected chi connectivity index (χ2v) is 5.19. The lowest BCUT2D eigenvalue weighted by Gasteiger charge is -2.35. The molecule has 94 valence electrons. The number of nitrogens with one attached hydrogen (secondary N) is 1. The van der Waals surface area contributed by atoms with Crippen LogP contribution in [0.2, 0.25) is 0 Å². The van der Waals surface area contributed by atoms with Crippen LogP contribution in [-0.2, 0) is 0 Å². The minimum atomic E-state index is 0.485. The summed E-state index contributed by atoms with van der Waals surface area (Å²) in [4.78, 5) is 7.11. The van der Waals surface area contributed by atoms with Gasteiger partial charge in [-0.1, -0.05) is 19.9 Å². The molecule has 0 bridgehead atoms. The van der Waals surface area contributed by atoms with Crippen molar-refractivity contribution in [2.75, 3.05) is 26.2 Å². The molecule has 0 unspecified atom stereocenters. The number of piperazine rings is 1. The van der Waals surface area contributed by atoms with Gasteiger partial charge in [0.25, 0.3) is 0 Å². The van der Waals surface area contributed by atoms with Crippen molar-refractivity contribution in [1.29, 1.82) is 0 Å². The molecule has 3 heteroatoms. The molecule has 0 radical (unpaired) electrons. The fourth-order valence-electron chi connectivity index (χ4n) is 2.47. The maximum Gasteiger partial charge on any atom is 0.0575 e.